The largest absolute Gasteiger partial charge is 0.312 e. The molecule has 0 spiro atoms. The van der Waals surface area contributed by atoms with Crippen LogP contribution in [-0.4, -0.2) is 0 Å². The Labute approximate surface area is 77.9 Å². The first-order chi connectivity index (χ1) is 5.66. The third-order valence-electron chi connectivity index (χ3n) is 1.45. The maximum absolute atomic E-state index is 13.0. The highest BCUT2D eigenvalue weighted by Crippen LogP contribution is 2.24. The van der Waals surface area contributed by atoms with Crippen LogP contribution in [0.1, 0.15) is 11.6 Å². The standard InChI is InChI=1S/C8H6BrFN2/c9-5-2-1-3-6(10)8(5)7(12)4-11/h1-3,7H,12H2/t7-/m1/s1. The summed E-state index contributed by atoms with van der Waals surface area (Å²) >= 11 is 3.12. The zero-order valence-corrected chi connectivity index (χ0v) is 7.68. The van der Waals surface area contributed by atoms with Gasteiger partial charge in [0.25, 0.3) is 0 Å². The molecule has 0 aliphatic heterocycles. The quantitative estimate of drug-likeness (QED) is 0.801. The molecule has 12 heavy (non-hydrogen) atoms. The summed E-state index contributed by atoms with van der Waals surface area (Å²) in [7, 11) is 0. The lowest BCUT2D eigenvalue weighted by atomic mass is 10.1. The molecule has 0 heterocycles. The van der Waals surface area contributed by atoms with E-state index in [1.54, 1.807) is 18.2 Å². The van der Waals surface area contributed by atoms with Gasteiger partial charge in [-0.1, -0.05) is 22.0 Å². The fraction of sp³-hybridized carbons (Fsp3) is 0.125. The summed E-state index contributed by atoms with van der Waals surface area (Å²) in [5.74, 6) is -0.460. The molecule has 1 aromatic rings. The highest BCUT2D eigenvalue weighted by molar-refractivity contribution is 9.10. The summed E-state index contributed by atoms with van der Waals surface area (Å²) in [5.41, 5.74) is 5.57. The molecular weight excluding hydrogens is 223 g/mol. The molecule has 0 bridgehead atoms. The molecule has 0 fully saturated rings. The Morgan fingerprint density at radius 1 is 1.58 bits per heavy atom. The number of nitriles is 1. The average molecular weight is 229 g/mol. The van der Waals surface area contributed by atoms with Crippen molar-refractivity contribution in [2.24, 2.45) is 5.73 Å². The number of halogens is 2. The van der Waals surface area contributed by atoms with Crippen LogP contribution >= 0.6 is 15.9 Å². The van der Waals surface area contributed by atoms with Crippen molar-refractivity contribution in [2.45, 2.75) is 6.04 Å². The Hall–Kier alpha value is -0.920. The van der Waals surface area contributed by atoms with E-state index in [1.807, 2.05) is 0 Å². The van der Waals surface area contributed by atoms with Crippen LogP contribution in [0.15, 0.2) is 22.7 Å². The number of benzene rings is 1. The van der Waals surface area contributed by atoms with Gasteiger partial charge in [0.1, 0.15) is 11.9 Å². The van der Waals surface area contributed by atoms with Crippen molar-refractivity contribution in [1.82, 2.24) is 0 Å². The van der Waals surface area contributed by atoms with Crippen molar-refractivity contribution in [3.8, 4) is 6.07 Å². The van der Waals surface area contributed by atoms with Crippen LogP contribution in [0.4, 0.5) is 4.39 Å². The van der Waals surface area contributed by atoms with Gasteiger partial charge in [-0.15, -0.1) is 0 Å². The first-order valence-corrected chi connectivity index (χ1v) is 4.05. The Bertz CT molecular complexity index is 312. The minimum absolute atomic E-state index is 0.208. The summed E-state index contributed by atoms with van der Waals surface area (Å²) in [5, 5.41) is 8.47. The molecule has 0 radical (unpaired) electrons. The van der Waals surface area contributed by atoms with Crippen molar-refractivity contribution in [3.05, 3.63) is 34.1 Å². The molecule has 1 aromatic carbocycles. The van der Waals surface area contributed by atoms with Crippen molar-refractivity contribution in [2.75, 3.05) is 0 Å². The van der Waals surface area contributed by atoms with Gasteiger partial charge in [0.15, 0.2) is 0 Å². The highest BCUT2D eigenvalue weighted by atomic mass is 79.9. The third-order valence-corrected chi connectivity index (χ3v) is 2.14. The maximum atomic E-state index is 13.0. The van der Waals surface area contributed by atoms with Gasteiger partial charge in [-0.2, -0.15) is 5.26 Å². The van der Waals surface area contributed by atoms with E-state index in [0.717, 1.165) is 0 Å². The zero-order chi connectivity index (χ0) is 9.14. The van der Waals surface area contributed by atoms with Gasteiger partial charge in [-0.3, -0.25) is 0 Å². The predicted octanol–water partition coefficient (Wildman–Crippen LogP) is 2.11. The van der Waals surface area contributed by atoms with Crippen molar-refractivity contribution < 1.29 is 4.39 Å². The molecule has 0 unspecified atom stereocenters. The Kier molecular flexibility index (Phi) is 2.79. The molecule has 0 aliphatic carbocycles. The van der Waals surface area contributed by atoms with E-state index in [-0.39, 0.29) is 5.56 Å². The van der Waals surface area contributed by atoms with Crippen LogP contribution in [0.3, 0.4) is 0 Å². The van der Waals surface area contributed by atoms with Gasteiger partial charge in [-0.05, 0) is 12.1 Å². The molecule has 0 saturated carbocycles. The van der Waals surface area contributed by atoms with Crippen molar-refractivity contribution in [1.29, 1.82) is 5.26 Å². The fourth-order valence-corrected chi connectivity index (χ4v) is 1.46. The topological polar surface area (TPSA) is 49.8 Å². The van der Waals surface area contributed by atoms with E-state index in [2.05, 4.69) is 15.9 Å². The minimum atomic E-state index is -0.916. The van der Waals surface area contributed by atoms with Crippen LogP contribution in [0, 0.1) is 17.1 Å². The van der Waals surface area contributed by atoms with Gasteiger partial charge < -0.3 is 5.73 Å². The summed E-state index contributed by atoms with van der Waals surface area (Å²) in [6.07, 6.45) is 0. The number of rotatable bonds is 1. The van der Waals surface area contributed by atoms with Crippen LogP contribution < -0.4 is 5.73 Å². The Balaban J connectivity index is 3.23. The predicted molar refractivity (Wildman–Crippen MR) is 46.6 cm³/mol. The second kappa shape index (κ2) is 3.65. The zero-order valence-electron chi connectivity index (χ0n) is 6.09. The van der Waals surface area contributed by atoms with Crippen LogP contribution in [0.5, 0.6) is 0 Å². The second-order valence-electron chi connectivity index (χ2n) is 2.24. The van der Waals surface area contributed by atoms with Crippen LogP contribution in [0.25, 0.3) is 0 Å². The first kappa shape index (κ1) is 9.17. The normalized spacial score (nSPS) is 12.2. The lowest BCUT2D eigenvalue weighted by Gasteiger charge is -2.06. The van der Waals surface area contributed by atoms with Crippen molar-refractivity contribution in [3.63, 3.8) is 0 Å². The Morgan fingerprint density at radius 2 is 2.25 bits per heavy atom. The van der Waals surface area contributed by atoms with E-state index in [9.17, 15) is 4.39 Å². The molecule has 0 aliphatic rings. The third kappa shape index (κ3) is 1.63. The SMILES string of the molecule is N#C[C@@H](N)c1c(F)cccc1Br. The average Bonchev–Trinajstić information content (AvgIpc) is 2.03. The lowest BCUT2D eigenvalue weighted by molar-refractivity contribution is 0.602. The Morgan fingerprint density at radius 3 is 2.75 bits per heavy atom. The number of hydrogen-bond donors (Lipinski definition) is 1. The smallest absolute Gasteiger partial charge is 0.130 e. The van der Waals surface area contributed by atoms with Gasteiger partial charge in [0.05, 0.1) is 6.07 Å². The fourth-order valence-electron chi connectivity index (χ4n) is 0.872. The molecule has 1 rings (SSSR count). The van der Waals surface area contributed by atoms with E-state index < -0.39 is 11.9 Å². The van der Waals surface area contributed by atoms with Gasteiger partial charge in [0.2, 0.25) is 0 Å². The molecule has 0 amide bonds. The van der Waals surface area contributed by atoms with Crippen molar-refractivity contribution >= 4 is 15.9 Å². The van der Waals surface area contributed by atoms with E-state index >= 15 is 0 Å². The van der Waals surface area contributed by atoms with Gasteiger partial charge in [0, 0.05) is 10.0 Å². The molecule has 2 nitrogen and oxygen atoms in total. The molecule has 2 N–H and O–H groups in total. The summed E-state index contributed by atoms with van der Waals surface area (Å²) in [4.78, 5) is 0. The maximum Gasteiger partial charge on any atom is 0.130 e. The van der Waals surface area contributed by atoms with Gasteiger partial charge in [-0.25, -0.2) is 4.39 Å². The summed E-state index contributed by atoms with van der Waals surface area (Å²) in [6, 6.07) is 5.33. The van der Waals surface area contributed by atoms with E-state index in [4.69, 9.17) is 11.0 Å². The van der Waals surface area contributed by atoms with Gasteiger partial charge >= 0.3 is 0 Å². The van der Waals surface area contributed by atoms with E-state index in [1.165, 1.54) is 6.07 Å². The number of nitrogens with zero attached hydrogens (tertiary/aromatic N) is 1. The highest BCUT2D eigenvalue weighted by Gasteiger charge is 2.13. The summed E-state index contributed by atoms with van der Waals surface area (Å²) < 4.78 is 13.6. The molecule has 4 heteroatoms. The lowest BCUT2D eigenvalue weighted by Crippen LogP contribution is -2.10. The monoisotopic (exact) mass is 228 g/mol. The number of nitrogens with two attached hydrogens (primary N) is 1. The summed E-state index contributed by atoms with van der Waals surface area (Å²) in [6.45, 7) is 0. The van der Waals surface area contributed by atoms with Crippen LogP contribution in [-0.2, 0) is 0 Å². The molecule has 1 atom stereocenters. The minimum Gasteiger partial charge on any atom is -0.312 e. The molecule has 0 saturated heterocycles. The second-order valence-corrected chi connectivity index (χ2v) is 3.10. The molecular formula is C8H6BrFN2. The molecule has 0 aromatic heterocycles. The number of hydrogen-bond acceptors (Lipinski definition) is 2. The first-order valence-electron chi connectivity index (χ1n) is 3.26. The van der Waals surface area contributed by atoms with Crippen LogP contribution in [0.2, 0.25) is 0 Å². The van der Waals surface area contributed by atoms with E-state index in [0.29, 0.717) is 4.47 Å². The molecule has 62 valence electrons.